The first-order chi connectivity index (χ1) is 20.7. The van der Waals surface area contributed by atoms with E-state index in [-0.39, 0.29) is 0 Å². The minimum absolute atomic E-state index is 0.551. The molecule has 0 saturated carbocycles. The second-order valence-electron chi connectivity index (χ2n) is 11.0. The molecule has 0 radical (unpaired) electrons. The maximum absolute atomic E-state index is 2.40. The Kier molecular flexibility index (Phi) is 6.81. The molecule has 0 aliphatic heterocycles. The standard InChI is InChI=1S/C40H34N2/c1-3-29(2)32-22-27-40-38(28-32)37-16-10-11-17-39(37)42(40)36-25-20-31(21-26-36)30-18-23-35(24-19-30)41(33-12-6-4-7-13-33)34-14-8-5-9-15-34/h4-29H,3H2,1-2H3. The van der Waals surface area contributed by atoms with Crippen LogP contribution in [-0.2, 0) is 0 Å². The van der Waals surface area contributed by atoms with Gasteiger partial charge in [-0.25, -0.2) is 0 Å². The first kappa shape index (κ1) is 25.9. The van der Waals surface area contributed by atoms with Crippen LogP contribution in [0.5, 0.6) is 0 Å². The van der Waals surface area contributed by atoms with Crippen LogP contribution in [0, 0.1) is 0 Å². The van der Waals surface area contributed by atoms with Crippen LogP contribution in [0.2, 0.25) is 0 Å². The lowest BCUT2D eigenvalue weighted by atomic mass is 9.97. The van der Waals surface area contributed by atoms with Crippen LogP contribution in [0.1, 0.15) is 31.7 Å². The van der Waals surface area contributed by atoms with Crippen LogP contribution >= 0.6 is 0 Å². The Hall–Kier alpha value is -5.08. The molecule has 1 unspecified atom stereocenters. The third-order valence-electron chi connectivity index (χ3n) is 8.49. The zero-order valence-electron chi connectivity index (χ0n) is 24.1. The van der Waals surface area contributed by atoms with Gasteiger partial charge in [-0.3, -0.25) is 0 Å². The predicted octanol–water partition coefficient (Wildman–Crippen LogP) is 11.4. The van der Waals surface area contributed by atoms with Crippen molar-refractivity contribution in [2.45, 2.75) is 26.2 Å². The van der Waals surface area contributed by atoms with Gasteiger partial charge in [-0.2, -0.15) is 0 Å². The highest BCUT2D eigenvalue weighted by Crippen LogP contribution is 2.37. The summed E-state index contributed by atoms with van der Waals surface area (Å²) in [5.41, 5.74) is 10.9. The van der Waals surface area contributed by atoms with Crippen molar-refractivity contribution in [2.24, 2.45) is 0 Å². The minimum atomic E-state index is 0.551. The SMILES string of the molecule is CCC(C)c1ccc2c(c1)c1ccccc1n2-c1ccc(-c2ccc(N(c3ccccc3)c3ccccc3)cc2)cc1. The first-order valence-electron chi connectivity index (χ1n) is 14.9. The second kappa shape index (κ2) is 11.1. The van der Waals surface area contributed by atoms with Crippen molar-refractivity contribution >= 4 is 38.9 Å². The lowest BCUT2D eigenvalue weighted by Gasteiger charge is -2.25. The summed E-state index contributed by atoms with van der Waals surface area (Å²) in [6.45, 7) is 4.57. The van der Waals surface area contributed by atoms with E-state index in [9.17, 15) is 0 Å². The van der Waals surface area contributed by atoms with Crippen molar-refractivity contribution < 1.29 is 0 Å². The lowest BCUT2D eigenvalue weighted by molar-refractivity contribution is 0.735. The number of hydrogen-bond acceptors (Lipinski definition) is 1. The molecular formula is C40H34N2. The molecule has 0 bridgehead atoms. The maximum Gasteiger partial charge on any atom is 0.0541 e. The van der Waals surface area contributed by atoms with Crippen molar-refractivity contribution in [3.8, 4) is 16.8 Å². The molecule has 7 rings (SSSR count). The molecule has 0 amide bonds. The first-order valence-corrected chi connectivity index (χ1v) is 14.9. The van der Waals surface area contributed by atoms with Crippen LogP contribution < -0.4 is 4.90 Å². The zero-order chi connectivity index (χ0) is 28.5. The molecule has 6 aromatic carbocycles. The fourth-order valence-corrected chi connectivity index (χ4v) is 6.02. The van der Waals surface area contributed by atoms with Crippen molar-refractivity contribution in [2.75, 3.05) is 4.90 Å². The number of hydrogen-bond donors (Lipinski definition) is 0. The summed E-state index contributed by atoms with van der Waals surface area (Å²) >= 11 is 0. The van der Waals surface area contributed by atoms with E-state index in [0.29, 0.717) is 5.92 Å². The molecule has 1 atom stereocenters. The van der Waals surface area contributed by atoms with Gasteiger partial charge in [0.15, 0.2) is 0 Å². The largest absolute Gasteiger partial charge is 0.311 e. The molecule has 0 saturated heterocycles. The summed E-state index contributed by atoms with van der Waals surface area (Å²) in [5.74, 6) is 0.551. The molecule has 2 heteroatoms. The van der Waals surface area contributed by atoms with Crippen molar-refractivity contribution in [1.82, 2.24) is 4.57 Å². The van der Waals surface area contributed by atoms with Crippen molar-refractivity contribution in [1.29, 1.82) is 0 Å². The summed E-state index contributed by atoms with van der Waals surface area (Å²) in [5, 5.41) is 2.63. The molecule has 0 spiro atoms. The smallest absolute Gasteiger partial charge is 0.0541 e. The van der Waals surface area contributed by atoms with Crippen molar-refractivity contribution in [3.05, 3.63) is 157 Å². The Labute approximate surface area is 248 Å². The van der Waals surface area contributed by atoms with Gasteiger partial charge in [-0.15, -0.1) is 0 Å². The molecule has 1 aromatic heterocycles. The molecule has 7 aromatic rings. The summed E-state index contributed by atoms with van der Waals surface area (Å²) in [6, 6.07) is 54.7. The van der Waals surface area contributed by atoms with E-state index in [2.05, 4.69) is 175 Å². The van der Waals surface area contributed by atoms with Crippen LogP contribution in [0.3, 0.4) is 0 Å². The number of benzene rings is 6. The average molecular weight is 543 g/mol. The van der Waals surface area contributed by atoms with Crippen molar-refractivity contribution in [3.63, 3.8) is 0 Å². The summed E-state index contributed by atoms with van der Waals surface area (Å²) in [6.07, 6.45) is 1.14. The average Bonchev–Trinajstić information content (AvgIpc) is 3.40. The maximum atomic E-state index is 2.40. The summed E-state index contributed by atoms with van der Waals surface area (Å²) in [7, 11) is 0. The van der Waals surface area contributed by atoms with Gasteiger partial charge in [0, 0.05) is 33.5 Å². The second-order valence-corrected chi connectivity index (χ2v) is 11.0. The fourth-order valence-electron chi connectivity index (χ4n) is 6.02. The molecule has 42 heavy (non-hydrogen) atoms. The van der Waals surface area contributed by atoms with E-state index in [1.807, 2.05) is 0 Å². The molecule has 0 aliphatic carbocycles. The Morgan fingerprint density at radius 2 is 1.05 bits per heavy atom. The van der Waals surface area contributed by atoms with Crippen LogP contribution in [0.4, 0.5) is 17.1 Å². The molecule has 1 heterocycles. The van der Waals surface area contributed by atoms with E-state index in [1.54, 1.807) is 0 Å². The number of fused-ring (bicyclic) bond motifs is 3. The van der Waals surface area contributed by atoms with Gasteiger partial charge < -0.3 is 9.47 Å². The van der Waals surface area contributed by atoms with Gasteiger partial charge in [0.1, 0.15) is 0 Å². The molecule has 0 N–H and O–H groups in total. The van der Waals surface area contributed by atoms with Crippen LogP contribution in [0.25, 0.3) is 38.6 Å². The molecular weight excluding hydrogens is 508 g/mol. The van der Waals surface area contributed by atoms with Crippen LogP contribution in [-0.4, -0.2) is 4.57 Å². The number of rotatable bonds is 7. The van der Waals surface area contributed by atoms with E-state index in [1.165, 1.54) is 44.2 Å². The topological polar surface area (TPSA) is 8.17 Å². The lowest BCUT2D eigenvalue weighted by Crippen LogP contribution is -2.09. The normalized spacial score (nSPS) is 12.0. The zero-order valence-corrected chi connectivity index (χ0v) is 24.1. The van der Waals surface area contributed by atoms with E-state index in [0.717, 1.165) is 23.5 Å². The Balaban J connectivity index is 1.24. The Bertz CT molecular complexity index is 1910. The van der Waals surface area contributed by atoms with Gasteiger partial charge in [-0.1, -0.05) is 98.8 Å². The molecule has 0 aliphatic rings. The van der Waals surface area contributed by atoms with Gasteiger partial charge in [0.2, 0.25) is 0 Å². The quantitative estimate of drug-likeness (QED) is 0.194. The Morgan fingerprint density at radius 3 is 1.67 bits per heavy atom. The van der Waals surface area contributed by atoms with Gasteiger partial charge in [-0.05, 0) is 95.8 Å². The van der Waals surface area contributed by atoms with Gasteiger partial charge >= 0.3 is 0 Å². The third-order valence-corrected chi connectivity index (χ3v) is 8.49. The third kappa shape index (κ3) is 4.65. The number of para-hydroxylation sites is 3. The van der Waals surface area contributed by atoms with Gasteiger partial charge in [0.25, 0.3) is 0 Å². The monoisotopic (exact) mass is 542 g/mol. The summed E-state index contributed by atoms with van der Waals surface area (Å²) < 4.78 is 2.40. The van der Waals surface area contributed by atoms with E-state index in [4.69, 9.17) is 0 Å². The highest BCUT2D eigenvalue weighted by atomic mass is 15.1. The molecule has 204 valence electrons. The van der Waals surface area contributed by atoms with E-state index >= 15 is 0 Å². The van der Waals surface area contributed by atoms with Crippen LogP contribution in [0.15, 0.2) is 152 Å². The molecule has 2 nitrogen and oxygen atoms in total. The fraction of sp³-hybridized carbons (Fsp3) is 0.100. The number of anilines is 3. The number of nitrogens with zero attached hydrogens (tertiary/aromatic N) is 2. The minimum Gasteiger partial charge on any atom is -0.311 e. The van der Waals surface area contributed by atoms with Gasteiger partial charge in [0.05, 0.1) is 11.0 Å². The summed E-state index contributed by atoms with van der Waals surface area (Å²) in [4.78, 5) is 2.29. The highest BCUT2D eigenvalue weighted by Gasteiger charge is 2.15. The number of aromatic nitrogens is 1. The molecule has 0 fully saturated rings. The predicted molar refractivity (Wildman–Crippen MR) is 180 cm³/mol. The van der Waals surface area contributed by atoms with E-state index < -0.39 is 0 Å². The Morgan fingerprint density at radius 1 is 0.524 bits per heavy atom. The highest BCUT2D eigenvalue weighted by molar-refractivity contribution is 6.09.